The number of rotatable bonds is 6. The molecule has 4 rings (SSSR count). The van der Waals surface area contributed by atoms with E-state index in [0.29, 0.717) is 25.2 Å². The smallest absolute Gasteiger partial charge is 0.350 e. The van der Waals surface area contributed by atoms with Gasteiger partial charge in [-0.1, -0.05) is 40.2 Å². The Morgan fingerprint density at radius 1 is 1.15 bits per heavy atom. The second-order valence-corrected chi connectivity index (χ2v) is 7.81. The molecule has 0 amide bonds. The molecule has 1 saturated carbocycles. The highest BCUT2D eigenvalue weighted by Crippen LogP contribution is 2.42. The molecular formula is C21H21BrO4. The predicted molar refractivity (Wildman–Crippen MR) is 101 cm³/mol. The van der Waals surface area contributed by atoms with Crippen molar-refractivity contribution < 1.29 is 19.0 Å². The maximum atomic E-state index is 11.9. The van der Waals surface area contributed by atoms with Crippen LogP contribution in [0.5, 0.6) is 5.75 Å². The third-order valence-corrected chi connectivity index (χ3v) is 5.85. The third-order valence-electron chi connectivity index (χ3n) is 5.08. The zero-order valence-electron chi connectivity index (χ0n) is 14.7. The molecule has 0 bridgehead atoms. The Kier molecular flexibility index (Phi) is 4.76. The second kappa shape index (κ2) is 7.05. The van der Waals surface area contributed by atoms with Crippen LogP contribution in [0.3, 0.4) is 0 Å². The highest BCUT2D eigenvalue weighted by Gasteiger charge is 2.54. The van der Waals surface area contributed by atoms with E-state index in [9.17, 15) is 4.79 Å². The van der Waals surface area contributed by atoms with E-state index in [0.717, 1.165) is 22.9 Å². The fraction of sp³-hybridized carbons (Fsp3) is 0.381. The first kappa shape index (κ1) is 17.6. The lowest BCUT2D eigenvalue weighted by Gasteiger charge is -2.17. The second-order valence-electron chi connectivity index (χ2n) is 6.95. The zero-order chi connectivity index (χ0) is 18.1. The van der Waals surface area contributed by atoms with Crippen molar-refractivity contribution in [3.63, 3.8) is 0 Å². The van der Waals surface area contributed by atoms with Crippen LogP contribution in [0, 0.1) is 0 Å². The van der Waals surface area contributed by atoms with Gasteiger partial charge in [-0.05, 0) is 47.7 Å². The number of fused-ring (bicyclic) bond motifs is 1. The molecule has 2 aromatic rings. The van der Waals surface area contributed by atoms with E-state index >= 15 is 0 Å². The first-order valence-electron chi connectivity index (χ1n) is 8.84. The van der Waals surface area contributed by atoms with Crippen molar-refractivity contribution in [3.05, 3.63) is 63.6 Å². The Morgan fingerprint density at radius 3 is 2.46 bits per heavy atom. The Balaban J connectivity index is 1.40. The van der Waals surface area contributed by atoms with Crippen molar-refractivity contribution in [1.82, 2.24) is 0 Å². The minimum Gasteiger partial charge on any atom is -0.476 e. The van der Waals surface area contributed by atoms with Crippen LogP contribution in [0.15, 0.2) is 46.9 Å². The number of ether oxygens (including phenoxy) is 3. The average Bonchev–Trinajstić information content (AvgIpc) is 3.31. The number of carbonyl (C=O) groups excluding carboxylic acids is 1. The highest BCUT2D eigenvalue weighted by molar-refractivity contribution is 9.10. The molecular weight excluding hydrogens is 396 g/mol. The molecule has 5 heteroatoms. The van der Waals surface area contributed by atoms with E-state index in [1.165, 1.54) is 18.2 Å². The molecule has 2 aliphatic rings. The maximum Gasteiger partial charge on any atom is 0.350 e. The number of carbonyl (C=O) groups is 1. The third kappa shape index (κ3) is 3.51. The van der Waals surface area contributed by atoms with E-state index in [-0.39, 0.29) is 12.1 Å². The van der Waals surface area contributed by atoms with Gasteiger partial charge in [-0.3, -0.25) is 0 Å². The average molecular weight is 417 g/mol. The van der Waals surface area contributed by atoms with Crippen LogP contribution in [0.25, 0.3) is 0 Å². The molecule has 0 unspecified atom stereocenters. The number of methoxy groups -OCH3 is 1. The van der Waals surface area contributed by atoms with Crippen LogP contribution in [0.2, 0.25) is 0 Å². The van der Waals surface area contributed by atoms with Crippen LogP contribution in [0.1, 0.15) is 29.5 Å². The molecule has 0 saturated heterocycles. The Labute approximate surface area is 161 Å². The number of benzene rings is 2. The monoisotopic (exact) mass is 416 g/mol. The van der Waals surface area contributed by atoms with E-state index in [4.69, 9.17) is 14.2 Å². The van der Waals surface area contributed by atoms with Crippen molar-refractivity contribution in [3.8, 4) is 5.75 Å². The van der Waals surface area contributed by atoms with Gasteiger partial charge in [-0.15, -0.1) is 0 Å². The minimum absolute atomic E-state index is 0.203. The molecule has 0 aromatic heterocycles. The van der Waals surface area contributed by atoms with Gasteiger partial charge < -0.3 is 14.2 Å². The van der Waals surface area contributed by atoms with Crippen molar-refractivity contribution in [2.45, 2.75) is 44.0 Å². The lowest BCUT2D eigenvalue weighted by molar-refractivity contribution is -0.151. The molecule has 0 N–H and O–H groups in total. The molecule has 26 heavy (non-hydrogen) atoms. The summed E-state index contributed by atoms with van der Waals surface area (Å²) < 4.78 is 17.9. The van der Waals surface area contributed by atoms with E-state index in [1.807, 2.05) is 18.2 Å². The van der Waals surface area contributed by atoms with Gasteiger partial charge in [0.05, 0.1) is 19.8 Å². The van der Waals surface area contributed by atoms with Gasteiger partial charge in [0.2, 0.25) is 5.60 Å². The van der Waals surface area contributed by atoms with E-state index in [2.05, 4.69) is 40.2 Å². The predicted octanol–water partition coefficient (Wildman–Crippen LogP) is 4.22. The summed E-state index contributed by atoms with van der Waals surface area (Å²) in [5, 5.41) is 0. The largest absolute Gasteiger partial charge is 0.476 e. The summed E-state index contributed by atoms with van der Waals surface area (Å²) in [6.45, 7) is 0.502. The van der Waals surface area contributed by atoms with Gasteiger partial charge in [0.1, 0.15) is 5.75 Å². The SMILES string of the molecule is COC(=O)C1(Oc2ccc(Br)c(COC3Cc4ccccc4C3)c2)CC1. The van der Waals surface area contributed by atoms with Gasteiger partial charge in [-0.25, -0.2) is 4.79 Å². The molecule has 2 aliphatic carbocycles. The van der Waals surface area contributed by atoms with Crippen molar-refractivity contribution in [1.29, 1.82) is 0 Å². The van der Waals surface area contributed by atoms with Crippen molar-refractivity contribution in [2.75, 3.05) is 7.11 Å². The van der Waals surface area contributed by atoms with E-state index < -0.39 is 5.60 Å². The fourth-order valence-electron chi connectivity index (χ4n) is 3.44. The number of hydrogen-bond donors (Lipinski definition) is 0. The number of hydrogen-bond acceptors (Lipinski definition) is 4. The normalized spacial score (nSPS) is 17.6. The standard InChI is InChI=1S/C21H21BrO4/c1-24-20(23)21(8-9-21)26-17-6-7-19(22)16(12-17)13-25-18-10-14-4-2-3-5-15(14)11-18/h2-7,12,18H,8-11,13H2,1H3. The number of esters is 1. The van der Waals surface area contributed by atoms with Crippen LogP contribution >= 0.6 is 15.9 Å². The lowest BCUT2D eigenvalue weighted by Crippen LogP contribution is -2.30. The first-order chi connectivity index (χ1) is 12.6. The zero-order valence-corrected chi connectivity index (χ0v) is 16.3. The van der Waals surface area contributed by atoms with Crippen molar-refractivity contribution in [2.24, 2.45) is 0 Å². The van der Waals surface area contributed by atoms with Gasteiger partial charge in [0, 0.05) is 17.3 Å². The van der Waals surface area contributed by atoms with Crippen LogP contribution in [0.4, 0.5) is 0 Å². The molecule has 2 aromatic carbocycles. The number of halogens is 1. The van der Waals surface area contributed by atoms with Gasteiger partial charge in [0.15, 0.2) is 0 Å². The Bertz CT molecular complexity index is 804. The maximum absolute atomic E-state index is 11.9. The summed E-state index contributed by atoms with van der Waals surface area (Å²) in [6.07, 6.45) is 3.50. The summed E-state index contributed by atoms with van der Waals surface area (Å²) in [6, 6.07) is 14.2. The van der Waals surface area contributed by atoms with Crippen LogP contribution in [-0.4, -0.2) is 24.8 Å². The Morgan fingerprint density at radius 2 is 1.85 bits per heavy atom. The Hall–Kier alpha value is -1.85. The van der Waals surface area contributed by atoms with Gasteiger partial charge >= 0.3 is 5.97 Å². The summed E-state index contributed by atoms with van der Waals surface area (Å²) in [5.41, 5.74) is 2.97. The molecule has 0 aliphatic heterocycles. The molecule has 136 valence electrons. The van der Waals surface area contributed by atoms with Gasteiger partial charge in [-0.2, -0.15) is 0 Å². The molecule has 1 fully saturated rings. The van der Waals surface area contributed by atoms with Crippen LogP contribution in [-0.2, 0) is 33.7 Å². The molecule has 0 heterocycles. The fourth-order valence-corrected chi connectivity index (χ4v) is 3.80. The molecule has 4 nitrogen and oxygen atoms in total. The summed E-state index contributed by atoms with van der Waals surface area (Å²) in [4.78, 5) is 11.9. The van der Waals surface area contributed by atoms with Gasteiger partial charge in [0.25, 0.3) is 0 Å². The van der Waals surface area contributed by atoms with Crippen LogP contribution < -0.4 is 4.74 Å². The minimum atomic E-state index is -0.798. The quantitative estimate of drug-likeness (QED) is 0.661. The summed E-state index contributed by atoms with van der Waals surface area (Å²) in [7, 11) is 1.40. The lowest BCUT2D eigenvalue weighted by atomic mass is 10.1. The molecule has 0 spiro atoms. The van der Waals surface area contributed by atoms with E-state index in [1.54, 1.807) is 0 Å². The topological polar surface area (TPSA) is 44.8 Å². The summed E-state index contributed by atoms with van der Waals surface area (Å²) >= 11 is 3.58. The van der Waals surface area contributed by atoms with Crippen molar-refractivity contribution >= 4 is 21.9 Å². The first-order valence-corrected chi connectivity index (χ1v) is 9.63. The molecule has 0 radical (unpaired) electrons. The highest BCUT2D eigenvalue weighted by atomic mass is 79.9. The summed E-state index contributed by atoms with van der Waals surface area (Å²) in [5.74, 6) is 0.367. The molecule has 0 atom stereocenters.